The van der Waals surface area contributed by atoms with Crippen molar-refractivity contribution in [3.63, 3.8) is 0 Å². The molecule has 0 fully saturated rings. The first kappa shape index (κ1) is 14.2. The minimum atomic E-state index is 0.563. The third-order valence-corrected chi connectivity index (χ3v) is 2.94. The van der Waals surface area contributed by atoms with Crippen LogP contribution in [0.25, 0.3) is 0 Å². The number of hydrogen-bond acceptors (Lipinski definition) is 4. The Morgan fingerprint density at radius 2 is 2.12 bits per heavy atom. The second-order valence-corrected chi connectivity index (χ2v) is 4.15. The highest BCUT2D eigenvalue weighted by molar-refractivity contribution is 6.30. The van der Waals surface area contributed by atoms with E-state index in [9.17, 15) is 0 Å². The van der Waals surface area contributed by atoms with Crippen LogP contribution in [0.3, 0.4) is 0 Å². The van der Waals surface area contributed by atoms with E-state index < -0.39 is 0 Å². The first-order valence-corrected chi connectivity index (χ1v) is 6.35. The molecule has 0 spiro atoms. The van der Waals surface area contributed by atoms with Crippen molar-refractivity contribution in [3.05, 3.63) is 17.0 Å². The summed E-state index contributed by atoms with van der Waals surface area (Å²) in [6, 6.07) is 0. The van der Waals surface area contributed by atoms with Crippen LogP contribution in [0.1, 0.15) is 25.8 Å². The van der Waals surface area contributed by atoms with E-state index in [1.54, 1.807) is 7.11 Å². The van der Waals surface area contributed by atoms with Crippen molar-refractivity contribution in [2.75, 3.05) is 31.7 Å². The van der Waals surface area contributed by atoms with Gasteiger partial charge in [-0.3, -0.25) is 0 Å². The van der Waals surface area contributed by atoms with E-state index in [0.717, 1.165) is 37.3 Å². The minimum Gasteiger partial charge on any atom is -0.383 e. The van der Waals surface area contributed by atoms with Crippen molar-refractivity contribution >= 4 is 17.4 Å². The standard InChI is InChI=1S/C12H20ClN3O/c1-4-6-10-11(13)14-9-15-12(10)16(5-2)7-8-17-3/h9H,4-8H2,1-3H3. The SMILES string of the molecule is CCCc1c(Cl)ncnc1N(CC)CCOC. The topological polar surface area (TPSA) is 38.2 Å². The quantitative estimate of drug-likeness (QED) is 0.704. The average Bonchev–Trinajstić information content (AvgIpc) is 2.34. The molecule has 0 bridgehead atoms. The summed E-state index contributed by atoms with van der Waals surface area (Å²) < 4.78 is 5.11. The number of methoxy groups -OCH3 is 1. The fourth-order valence-electron chi connectivity index (χ4n) is 1.74. The lowest BCUT2D eigenvalue weighted by Gasteiger charge is -2.24. The zero-order chi connectivity index (χ0) is 12.7. The van der Waals surface area contributed by atoms with Gasteiger partial charge in [0.25, 0.3) is 0 Å². The van der Waals surface area contributed by atoms with Gasteiger partial charge in [-0.25, -0.2) is 9.97 Å². The van der Waals surface area contributed by atoms with Crippen molar-refractivity contribution in [3.8, 4) is 0 Å². The molecule has 0 amide bonds. The van der Waals surface area contributed by atoms with Gasteiger partial charge in [0.1, 0.15) is 17.3 Å². The zero-order valence-corrected chi connectivity index (χ0v) is 11.5. The first-order valence-electron chi connectivity index (χ1n) is 5.97. The Balaban J connectivity index is 2.96. The maximum absolute atomic E-state index is 6.13. The molecule has 1 aromatic heterocycles. The molecule has 0 atom stereocenters. The van der Waals surface area contributed by atoms with Gasteiger partial charge in [-0.15, -0.1) is 0 Å². The van der Waals surface area contributed by atoms with E-state index in [1.165, 1.54) is 6.33 Å². The van der Waals surface area contributed by atoms with Crippen LogP contribution in [0.5, 0.6) is 0 Å². The monoisotopic (exact) mass is 257 g/mol. The van der Waals surface area contributed by atoms with Gasteiger partial charge in [0.2, 0.25) is 0 Å². The summed E-state index contributed by atoms with van der Waals surface area (Å²) in [7, 11) is 1.70. The third-order valence-electron chi connectivity index (χ3n) is 2.62. The molecule has 1 rings (SSSR count). The Hall–Kier alpha value is -0.870. The molecule has 0 N–H and O–H groups in total. The summed E-state index contributed by atoms with van der Waals surface area (Å²) in [5, 5.41) is 0.563. The normalized spacial score (nSPS) is 10.6. The second-order valence-electron chi connectivity index (χ2n) is 3.79. The molecule has 0 radical (unpaired) electrons. The van der Waals surface area contributed by atoms with Crippen LogP contribution in [-0.4, -0.2) is 36.8 Å². The Morgan fingerprint density at radius 1 is 1.35 bits per heavy atom. The van der Waals surface area contributed by atoms with Gasteiger partial charge in [0.05, 0.1) is 6.61 Å². The Morgan fingerprint density at radius 3 is 2.71 bits per heavy atom. The largest absolute Gasteiger partial charge is 0.383 e. The van der Waals surface area contributed by atoms with Gasteiger partial charge in [0, 0.05) is 25.8 Å². The summed E-state index contributed by atoms with van der Waals surface area (Å²) in [5.41, 5.74) is 1.04. The molecule has 0 aliphatic heterocycles. The van der Waals surface area contributed by atoms with E-state index >= 15 is 0 Å². The van der Waals surface area contributed by atoms with Gasteiger partial charge in [-0.1, -0.05) is 24.9 Å². The molecule has 0 unspecified atom stereocenters. The highest BCUT2D eigenvalue weighted by Crippen LogP contribution is 2.24. The number of hydrogen-bond donors (Lipinski definition) is 0. The molecule has 17 heavy (non-hydrogen) atoms. The van der Waals surface area contributed by atoms with E-state index in [0.29, 0.717) is 11.8 Å². The molecule has 96 valence electrons. The van der Waals surface area contributed by atoms with Crippen LogP contribution in [0.4, 0.5) is 5.82 Å². The number of anilines is 1. The lowest BCUT2D eigenvalue weighted by Crippen LogP contribution is -2.29. The second kappa shape index (κ2) is 7.45. The van der Waals surface area contributed by atoms with Crippen molar-refractivity contribution in [1.29, 1.82) is 0 Å². The van der Waals surface area contributed by atoms with Crippen molar-refractivity contribution in [2.45, 2.75) is 26.7 Å². The number of rotatable bonds is 7. The Labute approximate surface area is 108 Å². The van der Waals surface area contributed by atoms with E-state index in [2.05, 4.69) is 28.7 Å². The third kappa shape index (κ3) is 3.82. The minimum absolute atomic E-state index is 0.563. The summed E-state index contributed by atoms with van der Waals surface area (Å²) in [5.74, 6) is 0.936. The predicted molar refractivity (Wildman–Crippen MR) is 70.8 cm³/mol. The molecule has 1 heterocycles. The molecule has 0 aromatic carbocycles. The fourth-order valence-corrected chi connectivity index (χ4v) is 1.96. The summed E-state index contributed by atoms with van der Waals surface area (Å²) in [4.78, 5) is 10.6. The molecule has 0 saturated heterocycles. The Kier molecular flexibility index (Phi) is 6.22. The molecule has 0 saturated carbocycles. The molecule has 0 aliphatic carbocycles. The van der Waals surface area contributed by atoms with Crippen LogP contribution < -0.4 is 4.90 Å². The molecule has 5 heteroatoms. The summed E-state index contributed by atoms with van der Waals surface area (Å²) in [6.07, 6.45) is 3.45. The maximum Gasteiger partial charge on any atom is 0.137 e. The van der Waals surface area contributed by atoms with Gasteiger partial charge in [-0.05, 0) is 13.3 Å². The number of likely N-dealkylation sites (N-methyl/N-ethyl adjacent to an activating group) is 1. The molecular weight excluding hydrogens is 238 g/mol. The van der Waals surface area contributed by atoms with Crippen molar-refractivity contribution in [1.82, 2.24) is 9.97 Å². The molecular formula is C12H20ClN3O. The average molecular weight is 258 g/mol. The van der Waals surface area contributed by atoms with E-state index in [-0.39, 0.29) is 0 Å². The van der Waals surface area contributed by atoms with Crippen LogP contribution in [0.2, 0.25) is 5.15 Å². The maximum atomic E-state index is 6.13. The highest BCUT2D eigenvalue weighted by atomic mass is 35.5. The van der Waals surface area contributed by atoms with Gasteiger partial charge < -0.3 is 9.64 Å². The molecule has 4 nitrogen and oxygen atoms in total. The smallest absolute Gasteiger partial charge is 0.137 e. The Bertz CT molecular complexity index is 347. The number of ether oxygens (including phenoxy) is 1. The van der Waals surface area contributed by atoms with Crippen LogP contribution in [-0.2, 0) is 11.2 Å². The number of nitrogens with zero attached hydrogens (tertiary/aromatic N) is 3. The lowest BCUT2D eigenvalue weighted by atomic mass is 10.1. The molecule has 1 aromatic rings. The van der Waals surface area contributed by atoms with Gasteiger partial charge >= 0.3 is 0 Å². The van der Waals surface area contributed by atoms with Gasteiger partial charge in [0.15, 0.2) is 0 Å². The summed E-state index contributed by atoms with van der Waals surface area (Å²) >= 11 is 6.13. The van der Waals surface area contributed by atoms with E-state index in [4.69, 9.17) is 16.3 Å². The van der Waals surface area contributed by atoms with Crippen LogP contribution >= 0.6 is 11.6 Å². The van der Waals surface area contributed by atoms with Crippen LogP contribution in [0, 0.1) is 0 Å². The number of halogens is 1. The fraction of sp³-hybridized carbons (Fsp3) is 0.667. The lowest BCUT2D eigenvalue weighted by molar-refractivity contribution is 0.205. The van der Waals surface area contributed by atoms with E-state index in [1.807, 2.05) is 0 Å². The number of aromatic nitrogens is 2. The highest BCUT2D eigenvalue weighted by Gasteiger charge is 2.14. The summed E-state index contributed by atoms with van der Waals surface area (Å²) in [6.45, 7) is 6.60. The van der Waals surface area contributed by atoms with Crippen LogP contribution in [0.15, 0.2) is 6.33 Å². The predicted octanol–water partition coefficient (Wildman–Crippen LogP) is 2.56. The zero-order valence-electron chi connectivity index (χ0n) is 10.7. The van der Waals surface area contributed by atoms with Crippen molar-refractivity contribution in [2.24, 2.45) is 0 Å². The molecule has 0 aliphatic rings. The van der Waals surface area contributed by atoms with Crippen molar-refractivity contribution < 1.29 is 4.74 Å². The first-order chi connectivity index (χ1) is 8.24. The van der Waals surface area contributed by atoms with Gasteiger partial charge in [-0.2, -0.15) is 0 Å².